The Balaban J connectivity index is 2.68. The number of halogens is 1. The van der Waals surface area contributed by atoms with Crippen LogP contribution in [-0.4, -0.2) is 10.9 Å². The van der Waals surface area contributed by atoms with Gasteiger partial charge in [0, 0.05) is 15.6 Å². The summed E-state index contributed by atoms with van der Waals surface area (Å²) in [7, 11) is 0. The zero-order chi connectivity index (χ0) is 11.0. The van der Waals surface area contributed by atoms with Crippen LogP contribution in [0.2, 0.25) is 0 Å². The van der Waals surface area contributed by atoms with Crippen LogP contribution in [0, 0.1) is 6.92 Å². The first-order valence-electron chi connectivity index (χ1n) is 4.63. The number of para-hydroxylation sites is 1. The van der Waals surface area contributed by atoms with Crippen molar-refractivity contribution in [2.45, 2.75) is 13.3 Å². The van der Waals surface area contributed by atoms with Gasteiger partial charge in [0.05, 0.1) is 11.9 Å². The predicted octanol–water partition coefficient (Wildman–Crippen LogP) is 2.27. The minimum atomic E-state index is -0.307. The highest BCUT2D eigenvalue weighted by atomic mass is 79.9. The first-order chi connectivity index (χ1) is 7.09. The number of aromatic nitrogens is 1. The van der Waals surface area contributed by atoms with Crippen LogP contribution >= 0.6 is 15.9 Å². The lowest BCUT2D eigenvalue weighted by molar-refractivity contribution is -0.117. The molecule has 0 saturated heterocycles. The Hall–Kier alpha value is -1.29. The molecule has 78 valence electrons. The van der Waals surface area contributed by atoms with Crippen LogP contribution in [0.15, 0.2) is 22.7 Å². The van der Waals surface area contributed by atoms with Crippen molar-refractivity contribution in [3.63, 3.8) is 0 Å². The molecule has 2 aromatic rings. The van der Waals surface area contributed by atoms with E-state index in [1.807, 2.05) is 25.1 Å². The molecule has 0 unspecified atom stereocenters. The molecule has 0 aliphatic carbocycles. The number of aromatic amines is 1. The van der Waals surface area contributed by atoms with Crippen molar-refractivity contribution < 1.29 is 4.79 Å². The van der Waals surface area contributed by atoms with Crippen LogP contribution < -0.4 is 5.73 Å². The van der Waals surface area contributed by atoms with Crippen LogP contribution in [0.4, 0.5) is 0 Å². The van der Waals surface area contributed by atoms with E-state index in [2.05, 4.69) is 20.9 Å². The van der Waals surface area contributed by atoms with Gasteiger partial charge in [0.15, 0.2) is 0 Å². The van der Waals surface area contributed by atoms with Crippen molar-refractivity contribution in [3.05, 3.63) is 33.9 Å². The Kier molecular flexibility index (Phi) is 2.52. The van der Waals surface area contributed by atoms with Gasteiger partial charge in [-0.25, -0.2) is 0 Å². The SMILES string of the molecule is Cc1[nH]c2c(Br)cccc2c1CC(N)=O. The Labute approximate surface area is 95.8 Å². The average Bonchev–Trinajstić information content (AvgIpc) is 2.45. The Morgan fingerprint density at radius 3 is 2.93 bits per heavy atom. The summed E-state index contributed by atoms with van der Waals surface area (Å²) in [6.45, 7) is 1.95. The van der Waals surface area contributed by atoms with Crippen molar-refractivity contribution in [2.24, 2.45) is 5.73 Å². The number of rotatable bonds is 2. The largest absolute Gasteiger partial charge is 0.369 e. The maximum atomic E-state index is 10.9. The molecule has 4 heteroatoms. The molecule has 0 atom stereocenters. The first-order valence-corrected chi connectivity index (χ1v) is 5.43. The number of carbonyl (C=O) groups excluding carboxylic acids is 1. The topological polar surface area (TPSA) is 58.9 Å². The molecule has 3 nitrogen and oxygen atoms in total. The van der Waals surface area contributed by atoms with Crippen LogP contribution in [-0.2, 0) is 11.2 Å². The van der Waals surface area contributed by atoms with Gasteiger partial charge in [-0.3, -0.25) is 4.79 Å². The lowest BCUT2D eigenvalue weighted by Gasteiger charge is -1.97. The standard InChI is InChI=1S/C11H11BrN2O/c1-6-8(5-10(13)15)7-3-2-4-9(12)11(7)14-6/h2-4,14H,5H2,1H3,(H2,13,15). The van der Waals surface area contributed by atoms with Crippen molar-refractivity contribution in [1.29, 1.82) is 0 Å². The number of nitrogens with one attached hydrogen (secondary N) is 1. The number of carbonyl (C=O) groups is 1. The molecule has 1 aromatic heterocycles. The minimum Gasteiger partial charge on any atom is -0.369 e. The van der Waals surface area contributed by atoms with Gasteiger partial charge in [-0.05, 0) is 34.5 Å². The maximum absolute atomic E-state index is 10.9. The molecule has 0 radical (unpaired) electrons. The zero-order valence-electron chi connectivity index (χ0n) is 8.30. The third kappa shape index (κ3) is 1.77. The summed E-state index contributed by atoms with van der Waals surface area (Å²) in [6.07, 6.45) is 0.280. The van der Waals surface area contributed by atoms with Gasteiger partial charge in [-0.1, -0.05) is 12.1 Å². The summed E-state index contributed by atoms with van der Waals surface area (Å²) in [5, 5.41) is 1.06. The molecule has 3 N–H and O–H groups in total. The number of aryl methyl sites for hydroxylation is 1. The third-order valence-electron chi connectivity index (χ3n) is 2.45. The molecule has 0 aliphatic rings. The van der Waals surface area contributed by atoms with Crippen LogP contribution in [0.3, 0.4) is 0 Å². The second-order valence-corrected chi connectivity index (χ2v) is 4.39. The smallest absolute Gasteiger partial charge is 0.221 e. The fourth-order valence-electron chi connectivity index (χ4n) is 1.77. The minimum absolute atomic E-state index is 0.280. The lowest BCUT2D eigenvalue weighted by Crippen LogP contribution is -2.13. The average molecular weight is 267 g/mol. The summed E-state index contributed by atoms with van der Waals surface area (Å²) >= 11 is 3.46. The second-order valence-electron chi connectivity index (χ2n) is 3.53. The highest BCUT2D eigenvalue weighted by Crippen LogP contribution is 2.28. The van der Waals surface area contributed by atoms with Gasteiger partial charge >= 0.3 is 0 Å². The molecule has 0 saturated carbocycles. The van der Waals surface area contributed by atoms with E-state index < -0.39 is 0 Å². The van der Waals surface area contributed by atoms with E-state index in [0.29, 0.717) is 0 Å². The highest BCUT2D eigenvalue weighted by Gasteiger charge is 2.11. The molecule has 0 bridgehead atoms. The summed E-state index contributed by atoms with van der Waals surface area (Å²) < 4.78 is 0.999. The van der Waals surface area contributed by atoms with E-state index in [4.69, 9.17) is 5.73 Å². The molecular weight excluding hydrogens is 256 g/mol. The summed E-state index contributed by atoms with van der Waals surface area (Å²) in [6, 6.07) is 5.90. The van der Waals surface area contributed by atoms with Crippen molar-refractivity contribution in [2.75, 3.05) is 0 Å². The summed E-state index contributed by atoms with van der Waals surface area (Å²) in [4.78, 5) is 14.2. The van der Waals surface area contributed by atoms with Gasteiger partial charge in [-0.2, -0.15) is 0 Å². The van der Waals surface area contributed by atoms with Crippen molar-refractivity contribution in [3.8, 4) is 0 Å². The number of H-pyrrole nitrogens is 1. The monoisotopic (exact) mass is 266 g/mol. The van der Waals surface area contributed by atoms with Gasteiger partial charge < -0.3 is 10.7 Å². The van der Waals surface area contributed by atoms with Gasteiger partial charge in [0.1, 0.15) is 0 Å². The molecule has 1 heterocycles. The van der Waals surface area contributed by atoms with E-state index in [9.17, 15) is 4.79 Å². The van der Waals surface area contributed by atoms with Gasteiger partial charge in [0.2, 0.25) is 5.91 Å². The number of hydrogen-bond acceptors (Lipinski definition) is 1. The van der Waals surface area contributed by atoms with Gasteiger partial charge in [0.25, 0.3) is 0 Å². The summed E-state index contributed by atoms with van der Waals surface area (Å²) in [5.41, 5.74) is 8.22. The van der Waals surface area contributed by atoms with Crippen LogP contribution in [0.1, 0.15) is 11.3 Å². The van der Waals surface area contributed by atoms with E-state index in [-0.39, 0.29) is 12.3 Å². The number of amides is 1. The predicted molar refractivity (Wildman–Crippen MR) is 63.6 cm³/mol. The number of fused-ring (bicyclic) bond motifs is 1. The van der Waals surface area contributed by atoms with E-state index >= 15 is 0 Å². The van der Waals surface area contributed by atoms with Crippen molar-refractivity contribution >= 4 is 32.7 Å². The molecule has 0 fully saturated rings. The molecule has 0 aliphatic heterocycles. The Morgan fingerprint density at radius 2 is 2.27 bits per heavy atom. The lowest BCUT2D eigenvalue weighted by atomic mass is 10.1. The normalized spacial score (nSPS) is 10.8. The molecule has 1 amide bonds. The van der Waals surface area contributed by atoms with E-state index in [1.165, 1.54) is 0 Å². The molecule has 1 aromatic carbocycles. The number of primary amides is 1. The number of nitrogens with two attached hydrogens (primary N) is 1. The molecule has 0 spiro atoms. The third-order valence-corrected chi connectivity index (χ3v) is 3.12. The maximum Gasteiger partial charge on any atom is 0.221 e. The fourth-order valence-corrected chi connectivity index (χ4v) is 2.23. The van der Waals surface area contributed by atoms with Gasteiger partial charge in [-0.15, -0.1) is 0 Å². The van der Waals surface area contributed by atoms with E-state index in [0.717, 1.165) is 26.6 Å². The molecule has 15 heavy (non-hydrogen) atoms. The van der Waals surface area contributed by atoms with Crippen LogP contribution in [0.5, 0.6) is 0 Å². The zero-order valence-corrected chi connectivity index (χ0v) is 9.89. The molecule has 2 rings (SSSR count). The second kappa shape index (κ2) is 3.70. The highest BCUT2D eigenvalue weighted by molar-refractivity contribution is 9.10. The Morgan fingerprint density at radius 1 is 1.53 bits per heavy atom. The quantitative estimate of drug-likeness (QED) is 0.861. The summed E-state index contributed by atoms with van der Waals surface area (Å²) in [5.74, 6) is -0.307. The number of benzene rings is 1. The molecular formula is C11H11BrN2O. The van der Waals surface area contributed by atoms with Crippen molar-refractivity contribution in [1.82, 2.24) is 4.98 Å². The van der Waals surface area contributed by atoms with E-state index in [1.54, 1.807) is 0 Å². The Bertz CT molecular complexity index is 531. The fraction of sp³-hybridized carbons (Fsp3) is 0.182. The first kappa shape index (κ1) is 10.2. The van der Waals surface area contributed by atoms with Crippen LogP contribution in [0.25, 0.3) is 10.9 Å². The number of hydrogen-bond donors (Lipinski definition) is 2.